The SMILES string of the molecule is Cl.O=c1oc2cc(OCCCN3CCC(Cc4ccccc4)CC3)ccc2c2ccccc12. The Morgan fingerprint density at radius 2 is 1.61 bits per heavy atom. The molecule has 33 heavy (non-hydrogen) atoms. The largest absolute Gasteiger partial charge is 0.493 e. The fraction of sp³-hybridized carbons (Fsp3) is 0.321. The number of likely N-dealkylation sites (tertiary alicyclic amines) is 1. The van der Waals surface area contributed by atoms with Crippen LogP contribution in [0.15, 0.2) is 82.0 Å². The Labute approximate surface area is 200 Å². The maximum Gasteiger partial charge on any atom is 0.344 e. The third-order valence-corrected chi connectivity index (χ3v) is 6.55. The molecule has 2 heterocycles. The van der Waals surface area contributed by atoms with Gasteiger partial charge in [-0.3, -0.25) is 0 Å². The first-order valence-electron chi connectivity index (χ1n) is 11.6. The predicted molar refractivity (Wildman–Crippen MR) is 137 cm³/mol. The van der Waals surface area contributed by atoms with Crippen LogP contribution in [0.1, 0.15) is 24.8 Å². The molecule has 0 saturated carbocycles. The highest BCUT2D eigenvalue weighted by Gasteiger charge is 2.19. The summed E-state index contributed by atoms with van der Waals surface area (Å²) >= 11 is 0. The van der Waals surface area contributed by atoms with Gasteiger partial charge in [0, 0.05) is 18.0 Å². The van der Waals surface area contributed by atoms with Crippen molar-refractivity contribution in [1.29, 1.82) is 0 Å². The van der Waals surface area contributed by atoms with Gasteiger partial charge in [0.2, 0.25) is 0 Å². The zero-order valence-electron chi connectivity index (χ0n) is 18.7. The van der Waals surface area contributed by atoms with E-state index < -0.39 is 0 Å². The summed E-state index contributed by atoms with van der Waals surface area (Å²) in [5, 5.41) is 2.47. The number of halogens is 1. The second-order valence-corrected chi connectivity index (χ2v) is 8.77. The first kappa shape index (κ1) is 23.3. The van der Waals surface area contributed by atoms with Crippen LogP contribution in [0.5, 0.6) is 5.75 Å². The lowest BCUT2D eigenvalue weighted by Gasteiger charge is -2.32. The minimum absolute atomic E-state index is 0. The Balaban J connectivity index is 0.00000259. The molecule has 1 aromatic heterocycles. The van der Waals surface area contributed by atoms with Gasteiger partial charge in [-0.1, -0.05) is 48.5 Å². The summed E-state index contributed by atoms with van der Waals surface area (Å²) in [6, 6.07) is 24.2. The summed E-state index contributed by atoms with van der Waals surface area (Å²) in [5.74, 6) is 1.55. The maximum absolute atomic E-state index is 12.3. The highest BCUT2D eigenvalue weighted by atomic mass is 35.5. The summed E-state index contributed by atoms with van der Waals surface area (Å²) in [5.41, 5.74) is 1.73. The van der Waals surface area contributed by atoms with Crippen molar-refractivity contribution in [1.82, 2.24) is 4.90 Å². The standard InChI is InChI=1S/C28H29NO3.ClH/c30-28-26-10-5-4-9-24(26)25-12-11-23(20-27(25)32-28)31-18-6-15-29-16-13-22(14-17-29)19-21-7-2-1-3-8-21;/h1-5,7-12,20,22H,6,13-19H2;1H. The summed E-state index contributed by atoms with van der Waals surface area (Å²) in [6.07, 6.45) is 4.73. The lowest BCUT2D eigenvalue weighted by molar-refractivity contribution is 0.170. The van der Waals surface area contributed by atoms with Gasteiger partial charge in [-0.05, 0) is 73.8 Å². The highest BCUT2D eigenvalue weighted by Crippen LogP contribution is 2.26. The summed E-state index contributed by atoms with van der Waals surface area (Å²) in [6.45, 7) is 4.07. The van der Waals surface area contributed by atoms with E-state index in [2.05, 4.69) is 35.2 Å². The van der Waals surface area contributed by atoms with E-state index in [1.54, 1.807) is 6.07 Å². The molecule has 1 saturated heterocycles. The molecular formula is C28H30ClNO3. The molecule has 4 nitrogen and oxygen atoms in total. The molecule has 5 heteroatoms. The van der Waals surface area contributed by atoms with E-state index in [0.717, 1.165) is 35.4 Å². The van der Waals surface area contributed by atoms with Crippen LogP contribution in [-0.4, -0.2) is 31.1 Å². The number of rotatable bonds is 7. The van der Waals surface area contributed by atoms with Crippen molar-refractivity contribution < 1.29 is 9.15 Å². The molecule has 1 aliphatic rings. The van der Waals surface area contributed by atoms with Gasteiger partial charge in [0.15, 0.2) is 0 Å². The summed E-state index contributed by atoms with van der Waals surface area (Å²) in [7, 11) is 0. The van der Waals surface area contributed by atoms with Crippen LogP contribution in [-0.2, 0) is 6.42 Å². The molecule has 4 aromatic rings. The predicted octanol–water partition coefficient (Wildman–Crippen LogP) is 6.09. The lowest BCUT2D eigenvalue weighted by Crippen LogP contribution is -2.35. The van der Waals surface area contributed by atoms with Gasteiger partial charge in [-0.15, -0.1) is 12.4 Å². The van der Waals surface area contributed by atoms with Crippen LogP contribution >= 0.6 is 12.4 Å². The molecule has 0 radical (unpaired) electrons. The average molecular weight is 464 g/mol. The minimum atomic E-state index is -0.305. The van der Waals surface area contributed by atoms with Gasteiger partial charge in [0.1, 0.15) is 11.3 Å². The Morgan fingerprint density at radius 3 is 2.39 bits per heavy atom. The Hall–Kier alpha value is -2.82. The number of nitrogens with zero attached hydrogens (tertiary/aromatic N) is 1. The molecule has 172 valence electrons. The van der Waals surface area contributed by atoms with Crippen molar-refractivity contribution in [2.24, 2.45) is 5.92 Å². The molecule has 0 N–H and O–H groups in total. The molecular weight excluding hydrogens is 434 g/mol. The van der Waals surface area contributed by atoms with Crippen molar-refractivity contribution in [3.63, 3.8) is 0 Å². The third kappa shape index (κ3) is 5.58. The Bertz CT molecular complexity index is 1250. The van der Waals surface area contributed by atoms with Crippen molar-refractivity contribution in [3.05, 3.63) is 88.8 Å². The quantitative estimate of drug-likeness (QED) is 0.189. The second-order valence-electron chi connectivity index (χ2n) is 8.77. The number of benzene rings is 3. The van der Waals surface area contributed by atoms with E-state index in [4.69, 9.17) is 9.15 Å². The van der Waals surface area contributed by atoms with E-state index in [0.29, 0.717) is 17.6 Å². The molecule has 1 fully saturated rings. The smallest absolute Gasteiger partial charge is 0.344 e. The molecule has 0 amide bonds. The maximum atomic E-state index is 12.3. The lowest BCUT2D eigenvalue weighted by atomic mass is 9.90. The van der Waals surface area contributed by atoms with Crippen molar-refractivity contribution in [2.75, 3.05) is 26.2 Å². The fourth-order valence-corrected chi connectivity index (χ4v) is 4.79. The van der Waals surface area contributed by atoms with Crippen LogP contribution in [0.3, 0.4) is 0 Å². The van der Waals surface area contributed by atoms with Gasteiger partial charge in [-0.2, -0.15) is 0 Å². The van der Waals surface area contributed by atoms with Gasteiger partial charge < -0.3 is 14.1 Å². The van der Waals surface area contributed by atoms with Gasteiger partial charge in [0.25, 0.3) is 0 Å². The number of hydrogen-bond donors (Lipinski definition) is 0. The van der Waals surface area contributed by atoms with E-state index >= 15 is 0 Å². The summed E-state index contributed by atoms with van der Waals surface area (Å²) in [4.78, 5) is 14.8. The van der Waals surface area contributed by atoms with Crippen LogP contribution < -0.4 is 10.4 Å². The van der Waals surface area contributed by atoms with Crippen molar-refractivity contribution in [3.8, 4) is 5.75 Å². The molecule has 0 spiro atoms. The van der Waals surface area contributed by atoms with Crippen LogP contribution in [0.25, 0.3) is 21.7 Å². The van der Waals surface area contributed by atoms with E-state index in [9.17, 15) is 4.79 Å². The normalized spacial score (nSPS) is 14.9. The molecule has 5 rings (SSSR count). The van der Waals surface area contributed by atoms with Crippen LogP contribution in [0, 0.1) is 5.92 Å². The first-order valence-corrected chi connectivity index (χ1v) is 11.6. The molecule has 0 unspecified atom stereocenters. The number of ether oxygens (including phenoxy) is 1. The van der Waals surface area contributed by atoms with Crippen molar-refractivity contribution in [2.45, 2.75) is 25.7 Å². The van der Waals surface area contributed by atoms with E-state index in [1.807, 2.05) is 36.4 Å². The monoisotopic (exact) mass is 463 g/mol. The topological polar surface area (TPSA) is 42.7 Å². The van der Waals surface area contributed by atoms with E-state index in [-0.39, 0.29) is 18.0 Å². The highest BCUT2D eigenvalue weighted by molar-refractivity contribution is 6.04. The molecule has 1 aliphatic heterocycles. The fourth-order valence-electron chi connectivity index (χ4n) is 4.79. The van der Waals surface area contributed by atoms with Crippen molar-refractivity contribution >= 4 is 34.1 Å². The first-order chi connectivity index (χ1) is 15.8. The zero-order valence-corrected chi connectivity index (χ0v) is 19.6. The molecule has 3 aromatic carbocycles. The third-order valence-electron chi connectivity index (χ3n) is 6.55. The number of fused-ring (bicyclic) bond motifs is 3. The average Bonchev–Trinajstić information content (AvgIpc) is 2.84. The number of piperidine rings is 1. The van der Waals surface area contributed by atoms with Gasteiger partial charge in [-0.25, -0.2) is 4.79 Å². The van der Waals surface area contributed by atoms with Crippen LogP contribution in [0.2, 0.25) is 0 Å². The van der Waals surface area contributed by atoms with Gasteiger partial charge >= 0.3 is 5.63 Å². The second kappa shape index (κ2) is 10.9. The Morgan fingerprint density at radius 1 is 0.879 bits per heavy atom. The molecule has 0 bridgehead atoms. The Kier molecular flexibility index (Phi) is 7.69. The minimum Gasteiger partial charge on any atom is -0.493 e. The zero-order chi connectivity index (χ0) is 21.8. The number of hydrogen-bond acceptors (Lipinski definition) is 4. The van der Waals surface area contributed by atoms with Crippen LogP contribution in [0.4, 0.5) is 0 Å². The molecule has 0 atom stereocenters. The molecule has 0 aliphatic carbocycles. The van der Waals surface area contributed by atoms with E-state index in [1.165, 1.54) is 37.9 Å². The summed E-state index contributed by atoms with van der Waals surface area (Å²) < 4.78 is 11.5. The van der Waals surface area contributed by atoms with Gasteiger partial charge in [0.05, 0.1) is 12.0 Å².